The van der Waals surface area contributed by atoms with Crippen molar-refractivity contribution >= 4 is 17.6 Å². The van der Waals surface area contributed by atoms with Gasteiger partial charge in [0.05, 0.1) is 7.11 Å². The number of rotatable bonds is 10. The molecular weight excluding hydrogens is 341 g/mol. The number of carbonyl (C=O) groups excluding carboxylic acids is 1. The molecule has 3 nitrogen and oxygen atoms in total. The summed E-state index contributed by atoms with van der Waals surface area (Å²) < 4.78 is 18.5. The van der Waals surface area contributed by atoms with E-state index in [1.54, 1.807) is 19.2 Å². The molecule has 0 saturated heterocycles. The Labute approximate surface area is 161 Å². The Hall–Kier alpha value is -2.62. The highest BCUT2D eigenvalue weighted by Crippen LogP contribution is 2.21. The molecule has 0 aliphatic heterocycles. The lowest BCUT2D eigenvalue weighted by Crippen LogP contribution is -2.25. The lowest BCUT2D eigenvalue weighted by atomic mass is 10.0. The summed E-state index contributed by atoms with van der Waals surface area (Å²) in [5.74, 6) is 0.245. The van der Waals surface area contributed by atoms with Gasteiger partial charge in [0.2, 0.25) is 0 Å². The summed E-state index contributed by atoms with van der Waals surface area (Å²) in [6.45, 7) is 2.82. The molecule has 0 heterocycles. The number of methoxy groups -OCH3 is 1. The predicted octanol–water partition coefficient (Wildman–Crippen LogP) is 5.46. The zero-order chi connectivity index (χ0) is 19.5. The summed E-state index contributed by atoms with van der Waals surface area (Å²) in [5, 5.41) is 2.99. The Balaban J connectivity index is 2.15. The molecule has 144 valence electrons. The maximum atomic E-state index is 13.3. The van der Waals surface area contributed by atoms with E-state index in [1.807, 2.05) is 30.3 Å². The Bertz CT molecular complexity index is 753. The third-order valence-electron chi connectivity index (χ3n) is 4.37. The molecule has 0 saturated carbocycles. The van der Waals surface area contributed by atoms with Crippen molar-refractivity contribution in [2.75, 3.05) is 13.7 Å². The van der Waals surface area contributed by atoms with Crippen LogP contribution in [-0.4, -0.2) is 19.6 Å². The van der Waals surface area contributed by atoms with Gasteiger partial charge in [0, 0.05) is 12.1 Å². The lowest BCUT2D eigenvalue weighted by Gasteiger charge is -2.10. The maximum absolute atomic E-state index is 13.3. The number of hydrogen-bond acceptors (Lipinski definition) is 2. The van der Waals surface area contributed by atoms with Crippen molar-refractivity contribution in [3.8, 4) is 5.75 Å². The number of amides is 1. The normalized spacial score (nSPS) is 11.3. The first-order valence-electron chi connectivity index (χ1n) is 9.54. The molecule has 1 N–H and O–H groups in total. The van der Waals surface area contributed by atoms with Gasteiger partial charge in [-0.15, -0.1) is 0 Å². The van der Waals surface area contributed by atoms with Crippen molar-refractivity contribution in [1.82, 2.24) is 5.32 Å². The fourth-order valence-electron chi connectivity index (χ4n) is 2.83. The summed E-state index contributed by atoms with van der Waals surface area (Å²) in [6.07, 6.45) is 7.50. The van der Waals surface area contributed by atoms with Crippen LogP contribution in [0.2, 0.25) is 0 Å². The molecule has 0 atom stereocenters. The van der Waals surface area contributed by atoms with Crippen LogP contribution in [0.1, 0.15) is 50.2 Å². The summed E-state index contributed by atoms with van der Waals surface area (Å²) in [5.41, 5.74) is 2.05. The smallest absolute Gasteiger partial charge is 0.251 e. The molecule has 0 aliphatic rings. The largest absolute Gasteiger partial charge is 0.497 e. The third-order valence-corrected chi connectivity index (χ3v) is 4.37. The molecule has 0 bridgehead atoms. The summed E-state index contributed by atoms with van der Waals surface area (Å²) >= 11 is 0. The second-order valence-electron chi connectivity index (χ2n) is 6.51. The van der Waals surface area contributed by atoms with Gasteiger partial charge in [-0.05, 0) is 47.9 Å². The highest BCUT2D eigenvalue weighted by atomic mass is 19.1. The van der Waals surface area contributed by atoms with Crippen LogP contribution in [0, 0.1) is 5.82 Å². The Morgan fingerprint density at radius 2 is 1.81 bits per heavy atom. The number of unbranched alkanes of at least 4 members (excludes halogenated alkanes) is 4. The highest BCUT2D eigenvalue weighted by Gasteiger charge is 2.12. The molecular formula is C23H28FNO2. The highest BCUT2D eigenvalue weighted by molar-refractivity contribution is 6.24. The topological polar surface area (TPSA) is 38.3 Å². The molecule has 0 fully saturated rings. The van der Waals surface area contributed by atoms with Gasteiger partial charge in [0.1, 0.15) is 11.6 Å². The van der Waals surface area contributed by atoms with Gasteiger partial charge in [-0.2, -0.15) is 0 Å². The van der Waals surface area contributed by atoms with Crippen molar-refractivity contribution in [2.24, 2.45) is 0 Å². The number of benzene rings is 2. The minimum atomic E-state index is -0.323. The Kier molecular flexibility index (Phi) is 8.56. The zero-order valence-electron chi connectivity index (χ0n) is 16.1. The first kappa shape index (κ1) is 20.7. The van der Waals surface area contributed by atoms with Gasteiger partial charge in [0.15, 0.2) is 0 Å². The lowest BCUT2D eigenvalue weighted by molar-refractivity contribution is -0.115. The molecule has 2 aromatic rings. The fraction of sp³-hybridized carbons (Fsp3) is 0.348. The van der Waals surface area contributed by atoms with E-state index in [9.17, 15) is 9.18 Å². The monoisotopic (exact) mass is 369 g/mol. The summed E-state index contributed by atoms with van der Waals surface area (Å²) in [6, 6.07) is 13.5. The summed E-state index contributed by atoms with van der Waals surface area (Å²) in [7, 11) is 1.61. The van der Waals surface area contributed by atoms with E-state index in [2.05, 4.69) is 12.2 Å². The van der Waals surface area contributed by atoms with Gasteiger partial charge >= 0.3 is 0 Å². The van der Waals surface area contributed by atoms with Crippen LogP contribution >= 0.6 is 0 Å². The Morgan fingerprint density at radius 1 is 1.07 bits per heavy atom. The van der Waals surface area contributed by atoms with Gasteiger partial charge < -0.3 is 10.1 Å². The van der Waals surface area contributed by atoms with Crippen molar-refractivity contribution in [1.29, 1.82) is 0 Å². The van der Waals surface area contributed by atoms with Crippen LogP contribution in [-0.2, 0) is 4.79 Å². The van der Waals surface area contributed by atoms with Gasteiger partial charge in [0.25, 0.3) is 5.91 Å². The summed E-state index contributed by atoms with van der Waals surface area (Å²) in [4.78, 5) is 12.8. The van der Waals surface area contributed by atoms with Crippen molar-refractivity contribution in [2.45, 2.75) is 39.0 Å². The average Bonchev–Trinajstić information content (AvgIpc) is 2.69. The van der Waals surface area contributed by atoms with E-state index in [0.717, 1.165) is 24.2 Å². The van der Waals surface area contributed by atoms with E-state index in [4.69, 9.17) is 4.74 Å². The molecule has 0 radical (unpaired) electrons. The number of nitrogens with one attached hydrogen (secondary N) is 1. The third kappa shape index (κ3) is 6.89. The second kappa shape index (κ2) is 11.2. The molecule has 0 aromatic heterocycles. The van der Waals surface area contributed by atoms with Crippen LogP contribution in [0.25, 0.3) is 11.6 Å². The van der Waals surface area contributed by atoms with E-state index in [-0.39, 0.29) is 11.7 Å². The van der Waals surface area contributed by atoms with Crippen molar-refractivity contribution in [3.63, 3.8) is 0 Å². The molecule has 2 rings (SSSR count). The minimum absolute atomic E-state index is 0.153. The van der Waals surface area contributed by atoms with E-state index < -0.39 is 0 Å². The van der Waals surface area contributed by atoms with Gasteiger partial charge in [-0.25, -0.2) is 4.39 Å². The van der Waals surface area contributed by atoms with Crippen LogP contribution in [0.5, 0.6) is 5.75 Å². The molecule has 1 amide bonds. The molecule has 27 heavy (non-hydrogen) atoms. The predicted molar refractivity (Wildman–Crippen MR) is 109 cm³/mol. The minimum Gasteiger partial charge on any atom is -0.497 e. The maximum Gasteiger partial charge on any atom is 0.251 e. The quantitative estimate of drug-likeness (QED) is 0.343. The molecule has 0 spiro atoms. The van der Waals surface area contributed by atoms with Crippen LogP contribution in [0.4, 0.5) is 4.39 Å². The fourth-order valence-corrected chi connectivity index (χ4v) is 2.83. The van der Waals surface area contributed by atoms with Crippen LogP contribution in [0.15, 0.2) is 48.5 Å². The number of ether oxygens (including phenoxy) is 1. The van der Waals surface area contributed by atoms with Gasteiger partial charge in [-0.3, -0.25) is 4.79 Å². The second-order valence-corrected chi connectivity index (χ2v) is 6.51. The van der Waals surface area contributed by atoms with Crippen LogP contribution < -0.4 is 10.1 Å². The van der Waals surface area contributed by atoms with Crippen molar-refractivity contribution in [3.05, 3.63) is 65.5 Å². The number of carbonyl (C=O) groups is 1. The molecule has 0 aliphatic carbocycles. The Morgan fingerprint density at radius 3 is 2.52 bits per heavy atom. The zero-order valence-corrected chi connectivity index (χ0v) is 16.1. The SMILES string of the molecule is CCCCCCCNC(=O)/C(=C\c1cccc(OC)c1)c1ccc(F)cc1. The van der Waals surface area contributed by atoms with Gasteiger partial charge in [-0.1, -0.05) is 56.9 Å². The number of hydrogen-bond donors (Lipinski definition) is 1. The van der Waals surface area contributed by atoms with Crippen LogP contribution in [0.3, 0.4) is 0 Å². The van der Waals surface area contributed by atoms with Crippen molar-refractivity contribution < 1.29 is 13.9 Å². The van der Waals surface area contributed by atoms with E-state index in [1.165, 1.54) is 31.4 Å². The van der Waals surface area contributed by atoms with E-state index >= 15 is 0 Å². The average molecular weight is 369 g/mol. The molecule has 0 unspecified atom stereocenters. The molecule has 2 aromatic carbocycles. The number of halogens is 1. The first-order valence-corrected chi connectivity index (χ1v) is 9.54. The van der Waals surface area contributed by atoms with E-state index in [0.29, 0.717) is 17.7 Å². The first-order chi connectivity index (χ1) is 13.1. The molecule has 4 heteroatoms. The standard InChI is InChI=1S/C23H28FNO2/c1-3-4-5-6-7-15-25-23(26)22(19-11-13-20(24)14-12-19)17-18-9-8-10-21(16-18)27-2/h8-14,16-17H,3-7,15H2,1-2H3,(H,25,26)/b22-17-.